The summed E-state index contributed by atoms with van der Waals surface area (Å²) in [4.78, 5) is 3.29. The number of aryl methyl sites for hydroxylation is 2. The Morgan fingerprint density at radius 1 is 1.47 bits per heavy atom. The van der Waals surface area contributed by atoms with Crippen LogP contribution in [0.1, 0.15) is 38.4 Å². The summed E-state index contributed by atoms with van der Waals surface area (Å²) in [7, 11) is 1.97. The minimum atomic E-state index is -0.0884. The molecule has 1 atom stereocenters. The fourth-order valence-corrected chi connectivity index (χ4v) is 3.43. The van der Waals surface area contributed by atoms with E-state index in [2.05, 4.69) is 28.5 Å². The highest BCUT2D eigenvalue weighted by molar-refractivity contribution is 7.71. The number of ether oxygens (including phenoxy) is 1. The van der Waals surface area contributed by atoms with Crippen LogP contribution in [-0.4, -0.2) is 31.5 Å². The fraction of sp³-hybridized carbons (Fsp3) is 0.692. The molecule has 1 aliphatic heterocycles. The zero-order valence-corrected chi connectivity index (χ0v) is 12.7. The molecule has 5 nitrogen and oxygen atoms in total. The lowest BCUT2D eigenvalue weighted by molar-refractivity contribution is -0.0688. The maximum absolute atomic E-state index is 5.80. The van der Waals surface area contributed by atoms with Crippen LogP contribution in [0.2, 0.25) is 0 Å². The van der Waals surface area contributed by atoms with Crippen LogP contribution in [0.5, 0.6) is 0 Å². The summed E-state index contributed by atoms with van der Waals surface area (Å²) in [6.07, 6.45) is 1.97. The lowest BCUT2D eigenvalue weighted by Gasteiger charge is -2.36. The van der Waals surface area contributed by atoms with Gasteiger partial charge in [0.1, 0.15) is 5.52 Å². The molecule has 0 bridgehead atoms. The molecule has 1 fully saturated rings. The molecule has 0 spiro atoms. The summed E-state index contributed by atoms with van der Waals surface area (Å²) in [5.74, 6) is 0. The van der Waals surface area contributed by atoms with Crippen LogP contribution in [0.3, 0.4) is 0 Å². The van der Waals surface area contributed by atoms with Crippen LogP contribution >= 0.6 is 12.2 Å². The van der Waals surface area contributed by atoms with Gasteiger partial charge in [0.2, 0.25) is 0 Å². The summed E-state index contributed by atoms with van der Waals surface area (Å²) in [6, 6.07) is 0.375. The molecule has 0 aromatic carbocycles. The van der Waals surface area contributed by atoms with Gasteiger partial charge in [-0.15, -0.1) is 0 Å². The van der Waals surface area contributed by atoms with E-state index in [1.165, 1.54) is 0 Å². The molecule has 6 heteroatoms. The molecule has 1 aliphatic rings. The number of nitrogens with zero attached hydrogens (tertiary/aromatic N) is 3. The first-order chi connectivity index (χ1) is 8.89. The summed E-state index contributed by atoms with van der Waals surface area (Å²) in [6.45, 7) is 7.07. The minimum Gasteiger partial charge on any atom is -0.375 e. The zero-order valence-electron chi connectivity index (χ0n) is 11.9. The van der Waals surface area contributed by atoms with Gasteiger partial charge in [-0.05, 0) is 45.8 Å². The second-order valence-electron chi connectivity index (χ2n) is 5.96. The molecule has 3 heterocycles. The Morgan fingerprint density at radius 3 is 2.89 bits per heavy atom. The summed E-state index contributed by atoms with van der Waals surface area (Å²) >= 11 is 5.51. The highest BCUT2D eigenvalue weighted by atomic mass is 32.1. The summed E-state index contributed by atoms with van der Waals surface area (Å²) < 4.78 is 10.7. The Balaban J connectivity index is 2.14. The Bertz CT molecular complexity index is 679. The van der Waals surface area contributed by atoms with Gasteiger partial charge in [0, 0.05) is 19.7 Å². The Hall–Kier alpha value is -1.14. The highest BCUT2D eigenvalue weighted by Gasteiger charge is 2.31. The monoisotopic (exact) mass is 280 g/mol. The Labute approximate surface area is 117 Å². The fourth-order valence-electron chi connectivity index (χ4n) is 3.09. The molecule has 3 rings (SSSR count). The van der Waals surface area contributed by atoms with Crippen LogP contribution in [0.25, 0.3) is 11.2 Å². The molecule has 1 unspecified atom stereocenters. The number of hydrogen-bond donors (Lipinski definition) is 1. The average molecular weight is 280 g/mol. The minimum absolute atomic E-state index is 0.0884. The number of aromatic nitrogens is 4. The van der Waals surface area contributed by atoms with Crippen molar-refractivity contribution in [1.82, 2.24) is 19.3 Å². The van der Waals surface area contributed by atoms with Crippen LogP contribution in [0, 0.1) is 11.7 Å². The molecule has 1 saturated heterocycles. The van der Waals surface area contributed by atoms with Gasteiger partial charge in [-0.25, -0.2) is 0 Å². The predicted octanol–water partition coefficient (Wildman–Crippen LogP) is 2.87. The number of H-pyrrole nitrogens is 1. The number of rotatable bonds is 1. The second-order valence-corrected chi connectivity index (χ2v) is 6.35. The summed E-state index contributed by atoms with van der Waals surface area (Å²) in [5, 5.41) is 4.47. The van der Waals surface area contributed by atoms with Gasteiger partial charge in [-0.2, -0.15) is 5.10 Å². The van der Waals surface area contributed by atoms with E-state index >= 15 is 0 Å². The molecule has 104 valence electrons. The van der Waals surface area contributed by atoms with E-state index in [-0.39, 0.29) is 5.60 Å². The normalized spacial score (nSPS) is 23.1. The SMILES string of the molecule is Cc1nn(C)c2c1[nH]c(=S)n2C1CCOC(C)(C)C1. The Kier molecular flexibility index (Phi) is 2.83. The maximum Gasteiger partial charge on any atom is 0.179 e. The van der Waals surface area contributed by atoms with Gasteiger partial charge in [-0.1, -0.05) is 0 Å². The Morgan fingerprint density at radius 2 is 2.21 bits per heavy atom. The van der Waals surface area contributed by atoms with E-state index in [1.54, 1.807) is 0 Å². The zero-order chi connectivity index (χ0) is 13.8. The van der Waals surface area contributed by atoms with Gasteiger partial charge in [0.05, 0.1) is 11.3 Å². The number of hydrogen-bond acceptors (Lipinski definition) is 3. The van der Waals surface area contributed by atoms with Crippen LogP contribution < -0.4 is 0 Å². The molecule has 0 radical (unpaired) electrons. The third kappa shape index (κ3) is 2.03. The molecule has 1 N–H and O–H groups in total. The van der Waals surface area contributed by atoms with Crippen molar-refractivity contribution in [2.45, 2.75) is 45.3 Å². The van der Waals surface area contributed by atoms with E-state index in [0.29, 0.717) is 6.04 Å². The smallest absolute Gasteiger partial charge is 0.179 e. The topological polar surface area (TPSA) is 47.8 Å². The van der Waals surface area contributed by atoms with Crippen LogP contribution in [-0.2, 0) is 11.8 Å². The van der Waals surface area contributed by atoms with Gasteiger partial charge in [0.15, 0.2) is 10.4 Å². The first-order valence-corrected chi connectivity index (χ1v) is 7.08. The average Bonchev–Trinajstić information content (AvgIpc) is 2.76. The number of aromatic amines is 1. The van der Waals surface area contributed by atoms with Gasteiger partial charge < -0.3 is 9.72 Å². The van der Waals surface area contributed by atoms with Crippen molar-refractivity contribution in [1.29, 1.82) is 0 Å². The molecule has 19 heavy (non-hydrogen) atoms. The molecular formula is C13H20N4OS. The summed E-state index contributed by atoms with van der Waals surface area (Å²) in [5.41, 5.74) is 3.05. The third-order valence-electron chi connectivity index (χ3n) is 3.91. The van der Waals surface area contributed by atoms with E-state index < -0.39 is 0 Å². The molecule has 0 amide bonds. The van der Waals surface area contributed by atoms with Gasteiger partial charge >= 0.3 is 0 Å². The van der Waals surface area contributed by atoms with Crippen molar-refractivity contribution >= 4 is 23.4 Å². The van der Waals surface area contributed by atoms with E-state index in [4.69, 9.17) is 17.0 Å². The quantitative estimate of drug-likeness (QED) is 0.817. The highest BCUT2D eigenvalue weighted by Crippen LogP contribution is 2.34. The first kappa shape index (κ1) is 12.9. The first-order valence-electron chi connectivity index (χ1n) is 6.67. The predicted molar refractivity (Wildman–Crippen MR) is 76.9 cm³/mol. The number of fused-ring (bicyclic) bond motifs is 1. The largest absolute Gasteiger partial charge is 0.375 e. The van der Waals surface area contributed by atoms with Crippen molar-refractivity contribution in [3.63, 3.8) is 0 Å². The van der Waals surface area contributed by atoms with Crippen molar-refractivity contribution in [2.24, 2.45) is 7.05 Å². The molecule has 0 aliphatic carbocycles. The van der Waals surface area contributed by atoms with E-state index in [9.17, 15) is 0 Å². The maximum atomic E-state index is 5.80. The molecular weight excluding hydrogens is 260 g/mol. The molecule has 0 saturated carbocycles. The van der Waals surface area contributed by atoms with E-state index in [1.807, 2.05) is 18.7 Å². The lowest BCUT2D eigenvalue weighted by Crippen LogP contribution is -2.35. The number of imidazole rings is 1. The number of nitrogens with one attached hydrogen (secondary N) is 1. The molecule has 2 aromatic rings. The van der Waals surface area contributed by atoms with Crippen molar-refractivity contribution in [3.8, 4) is 0 Å². The van der Waals surface area contributed by atoms with Crippen molar-refractivity contribution < 1.29 is 4.74 Å². The lowest BCUT2D eigenvalue weighted by atomic mass is 9.94. The standard InChI is InChI=1S/C13H20N4OS/c1-8-10-11(16(4)15-8)17(12(19)14-10)9-5-6-18-13(2,3)7-9/h9H,5-7H2,1-4H3,(H,14,19). The molecule has 2 aromatic heterocycles. The van der Waals surface area contributed by atoms with Gasteiger partial charge in [-0.3, -0.25) is 9.25 Å². The van der Waals surface area contributed by atoms with E-state index in [0.717, 1.165) is 41.1 Å². The van der Waals surface area contributed by atoms with Crippen LogP contribution in [0.15, 0.2) is 0 Å². The van der Waals surface area contributed by atoms with Crippen molar-refractivity contribution in [2.75, 3.05) is 6.61 Å². The van der Waals surface area contributed by atoms with Gasteiger partial charge in [0.25, 0.3) is 0 Å². The van der Waals surface area contributed by atoms with Crippen LogP contribution in [0.4, 0.5) is 0 Å². The van der Waals surface area contributed by atoms with Crippen molar-refractivity contribution in [3.05, 3.63) is 10.5 Å². The third-order valence-corrected chi connectivity index (χ3v) is 4.21. The second kappa shape index (κ2) is 4.18.